The normalized spacial score (nSPS) is 14.6. The third-order valence-corrected chi connectivity index (χ3v) is 4.83. The Kier molecular flexibility index (Phi) is 6.90. The molecule has 6 nitrogen and oxygen atoms in total. The van der Waals surface area contributed by atoms with Crippen molar-refractivity contribution in [1.29, 1.82) is 0 Å². The molecule has 0 unspecified atom stereocenters. The van der Waals surface area contributed by atoms with Gasteiger partial charge in [0.15, 0.2) is 0 Å². The number of carbonyl (C=O) groups excluding carboxylic acids is 2. The van der Waals surface area contributed by atoms with Crippen LogP contribution in [0.5, 0.6) is 5.75 Å². The minimum absolute atomic E-state index is 0.00994. The number of carbonyl (C=O) groups is 2. The largest absolute Gasteiger partial charge is 0.492 e. The van der Waals surface area contributed by atoms with Crippen molar-refractivity contribution in [3.63, 3.8) is 0 Å². The third kappa shape index (κ3) is 5.71. The molecule has 3 rings (SSSR count). The number of nitrogens with one attached hydrogen (secondary N) is 1. The summed E-state index contributed by atoms with van der Waals surface area (Å²) in [6, 6.07) is 14.4. The first-order valence-corrected chi connectivity index (χ1v) is 9.67. The Morgan fingerprint density at radius 1 is 1.07 bits per heavy atom. The van der Waals surface area contributed by atoms with E-state index >= 15 is 0 Å². The van der Waals surface area contributed by atoms with Crippen LogP contribution in [0.15, 0.2) is 48.5 Å². The van der Waals surface area contributed by atoms with Gasteiger partial charge in [-0.15, -0.1) is 0 Å². The van der Waals surface area contributed by atoms with Crippen molar-refractivity contribution >= 4 is 29.1 Å². The molecule has 0 aliphatic carbocycles. The van der Waals surface area contributed by atoms with Gasteiger partial charge in [-0.3, -0.25) is 14.5 Å². The summed E-state index contributed by atoms with van der Waals surface area (Å²) < 4.78 is 5.74. The van der Waals surface area contributed by atoms with Crippen LogP contribution in [0.2, 0.25) is 5.02 Å². The molecule has 2 aromatic rings. The van der Waals surface area contributed by atoms with Gasteiger partial charge < -0.3 is 15.0 Å². The molecule has 0 saturated carbocycles. The molecule has 1 N–H and O–H groups in total. The van der Waals surface area contributed by atoms with Gasteiger partial charge in [0.2, 0.25) is 5.91 Å². The molecule has 1 aliphatic rings. The van der Waals surface area contributed by atoms with Crippen LogP contribution in [0.3, 0.4) is 0 Å². The van der Waals surface area contributed by atoms with Gasteiger partial charge in [-0.25, -0.2) is 0 Å². The lowest BCUT2D eigenvalue weighted by Gasteiger charge is -2.34. The highest BCUT2D eigenvalue weighted by atomic mass is 35.5. The number of ether oxygens (including phenoxy) is 1. The predicted octanol–water partition coefficient (Wildman–Crippen LogP) is 3.14. The number of halogens is 1. The SMILES string of the molecule is CC(=O)Nc1cccc(C(=O)N2CCN(CCOc3ccc(Cl)cc3)CC2)c1. The van der Waals surface area contributed by atoms with Gasteiger partial charge in [-0.05, 0) is 42.5 Å². The summed E-state index contributed by atoms with van der Waals surface area (Å²) in [5.41, 5.74) is 1.22. The molecular weight excluding hydrogens is 378 g/mol. The minimum atomic E-state index is -0.154. The van der Waals surface area contributed by atoms with E-state index < -0.39 is 0 Å². The van der Waals surface area contributed by atoms with E-state index in [2.05, 4.69) is 10.2 Å². The van der Waals surface area contributed by atoms with Gasteiger partial charge in [0.1, 0.15) is 12.4 Å². The maximum absolute atomic E-state index is 12.7. The molecule has 1 aliphatic heterocycles. The molecule has 1 heterocycles. The summed E-state index contributed by atoms with van der Waals surface area (Å²) in [6.07, 6.45) is 0. The van der Waals surface area contributed by atoms with Gasteiger partial charge in [0.05, 0.1) is 0 Å². The van der Waals surface area contributed by atoms with Crippen molar-refractivity contribution in [3.8, 4) is 5.75 Å². The average Bonchev–Trinajstić information content (AvgIpc) is 2.69. The van der Waals surface area contributed by atoms with Gasteiger partial charge in [-0.1, -0.05) is 17.7 Å². The number of amides is 2. The van der Waals surface area contributed by atoms with E-state index in [-0.39, 0.29) is 11.8 Å². The van der Waals surface area contributed by atoms with Crippen LogP contribution < -0.4 is 10.1 Å². The lowest BCUT2D eigenvalue weighted by molar-refractivity contribution is -0.114. The van der Waals surface area contributed by atoms with Crippen molar-refractivity contribution in [2.75, 3.05) is 44.6 Å². The standard InChI is InChI=1S/C21H24ClN3O3/c1-16(26)23-19-4-2-3-17(15-19)21(27)25-11-9-24(10-12-25)13-14-28-20-7-5-18(22)6-8-20/h2-8,15H,9-14H2,1H3,(H,23,26). The van der Waals surface area contributed by atoms with Crippen LogP contribution in [-0.2, 0) is 4.79 Å². The zero-order chi connectivity index (χ0) is 19.9. The van der Waals surface area contributed by atoms with Crippen LogP contribution in [-0.4, -0.2) is 60.9 Å². The van der Waals surface area contributed by atoms with Crippen molar-refractivity contribution < 1.29 is 14.3 Å². The summed E-state index contributed by atoms with van der Waals surface area (Å²) in [5.74, 6) is 0.639. The number of nitrogens with zero attached hydrogens (tertiary/aromatic N) is 2. The van der Waals surface area contributed by atoms with E-state index in [9.17, 15) is 9.59 Å². The Morgan fingerprint density at radius 3 is 2.46 bits per heavy atom. The van der Waals surface area contributed by atoms with Gasteiger partial charge in [0.25, 0.3) is 5.91 Å². The van der Waals surface area contributed by atoms with E-state index in [0.29, 0.717) is 36.0 Å². The number of hydrogen-bond acceptors (Lipinski definition) is 4. The number of piperazine rings is 1. The molecule has 1 saturated heterocycles. The summed E-state index contributed by atoms with van der Waals surface area (Å²) in [4.78, 5) is 28.1. The number of benzene rings is 2. The van der Waals surface area contributed by atoms with Crippen LogP contribution in [0.4, 0.5) is 5.69 Å². The first-order chi connectivity index (χ1) is 13.5. The predicted molar refractivity (Wildman–Crippen MR) is 110 cm³/mol. The molecule has 148 valence electrons. The molecule has 2 aromatic carbocycles. The second-order valence-electron chi connectivity index (χ2n) is 6.70. The molecule has 2 amide bonds. The maximum atomic E-state index is 12.7. The summed E-state index contributed by atoms with van der Waals surface area (Å²) in [7, 11) is 0. The van der Waals surface area contributed by atoms with Crippen molar-refractivity contribution in [2.45, 2.75) is 6.92 Å². The van der Waals surface area contributed by atoms with Crippen molar-refractivity contribution in [1.82, 2.24) is 9.80 Å². The molecule has 0 radical (unpaired) electrons. The van der Waals surface area contributed by atoms with E-state index in [1.807, 2.05) is 29.2 Å². The van der Waals surface area contributed by atoms with Crippen molar-refractivity contribution in [3.05, 3.63) is 59.1 Å². The number of anilines is 1. The van der Waals surface area contributed by atoms with E-state index in [4.69, 9.17) is 16.3 Å². The third-order valence-electron chi connectivity index (χ3n) is 4.58. The highest BCUT2D eigenvalue weighted by molar-refractivity contribution is 6.30. The lowest BCUT2D eigenvalue weighted by Crippen LogP contribution is -2.49. The summed E-state index contributed by atoms with van der Waals surface area (Å²) >= 11 is 5.87. The van der Waals surface area contributed by atoms with E-state index in [1.165, 1.54) is 6.92 Å². The van der Waals surface area contributed by atoms with Crippen molar-refractivity contribution in [2.24, 2.45) is 0 Å². The number of rotatable bonds is 6. The quantitative estimate of drug-likeness (QED) is 0.807. The second kappa shape index (κ2) is 9.57. The van der Waals surface area contributed by atoms with Gasteiger partial charge in [-0.2, -0.15) is 0 Å². The monoisotopic (exact) mass is 401 g/mol. The Labute approximate surface area is 170 Å². The second-order valence-corrected chi connectivity index (χ2v) is 7.13. The van der Waals surface area contributed by atoms with Crippen LogP contribution in [0, 0.1) is 0 Å². The maximum Gasteiger partial charge on any atom is 0.254 e. The molecule has 7 heteroatoms. The molecule has 0 aromatic heterocycles. The highest BCUT2D eigenvalue weighted by Gasteiger charge is 2.22. The zero-order valence-corrected chi connectivity index (χ0v) is 16.6. The Bertz CT molecular complexity index is 818. The zero-order valence-electron chi connectivity index (χ0n) is 15.9. The fraction of sp³-hybridized carbons (Fsp3) is 0.333. The molecule has 1 fully saturated rings. The Hall–Kier alpha value is -2.57. The van der Waals surface area contributed by atoms with Crippen LogP contribution in [0.1, 0.15) is 17.3 Å². The number of hydrogen-bond donors (Lipinski definition) is 1. The molecule has 0 atom stereocenters. The Balaban J connectivity index is 1.45. The van der Waals surface area contributed by atoms with E-state index in [0.717, 1.165) is 25.4 Å². The smallest absolute Gasteiger partial charge is 0.254 e. The van der Waals surface area contributed by atoms with E-state index in [1.54, 1.807) is 24.3 Å². The topological polar surface area (TPSA) is 61.9 Å². The fourth-order valence-corrected chi connectivity index (χ4v) is 3.24. The molecular formula is C21H24ClN3O3. The average molecular weight is 402 g/mol. The Morgan fingerprint density at radius 2 is 1.79 bits per heavy atom. The lowest BCUT2D eigenvalue weighted by atomic mass is 10.1. The summed E-state index contributed by atoms with van der Waals surface area (Å²) in [6.45, 7) is 5.80. The molecule has 0 bridgehead atoms. The minimum Gasteiger partial charge on any atom is -0.492 e. The van der Waals surface area contributed by atoms with Gasteiger partial charge >= 0.3 is 0 Å². The van der Waals surface area contributed by atoms with Crippen LogP contribution >= 0.6 is 11.6 Å². The first-order valence-electron chi connectivity index (χ1n) is 9.29. The molecule has 0 spiro atoms. The first kappa shape index (κ1) is 20.2. The molecule has 28 heavy (non-hydrogen) atoms. The van der Waals surface area contributed by atoms with Gasteiger partial charge in [0, 0.05) is 55.9 Å². The van der Waals surface area contributed by atoms with Crippen LogP contribution in [0.25, 0.3) is 0 Å². The fourth-order valence-electron chi connectivity index (χ4n) is 3.11. The summed E-state index contributed by atoms with van der Waals surface area (Å²) in [5, 5.41) is 3.40. The highest BCUT2D eigenvalue weighted by Crippen LogP contribution is 2.16.